The lowest BCUT2D eigenvalue weighted by molar-refractivity contribution is -0.0513. The summed E-state index contributed by atoms with van der Waals surface area (Å²) < 4.78 is 39.0. The van der Waals surface area contributed by atoms with Crippen molar-refractivity contribution in [1.29, 1.82) is 0 Å². The first kappa shape index (κ1) is 25.5. The monoisotopic (exact) mass is 515 g/mol. The number of alkyl halides is 2. The van der Waals surface area contributed by atoms with E-state index < -0.39 is 18.6 Å². The van der Waals surface area contributed by atoms with E-state index in [-0.39, 0.29) is 22.0 Å². The molecule has 0 radical (unpaired) electrons. The van der Waals surface area contributed by atoms with Gasteiger partial charge < -0.3 is 20.5 Å². The number of nitrogens with two attached hydrogens (primary N) is 1. The van der Waals surface area contributed by atoms with E-state index in [2.05, 4.69) is 15.3 Å². The van der Waals surface area contributed by atoms with E-state index >= 15 is 0 Å². The molecule has 1 amide bonds. The van der Waals surface area contributed by atoms with E-state index in [0.717, 1.165) is 16.9 Å². The molecule has 3 N–H and O–H groups in total. The normalized spacial score (nSPS) is 12.8. The maximum Gasteiger partial charge on any atom is 0.387 e. The zero-order valence-corrected chi connectivity index (χ0v) is 21.1. The Balaban J connectivity index is 1.64. The first-order valence-electron chi connectivity index (χ1n) is 11.2. The number of hydrogen-bond donors (Lipinski definition) is 2. The van der Waals surface area contributed by atoms with Gasteiger partial charge in [-0.15, -0.1) is 11.3 Å². The van der Waals surface area contributed by atoms with Crippen LogP contribution in [0.1, 0.15) is 54.6 Å². The van der Waals surface area contributed by atoms with Crippen LogP contribution in [-0.2, 0) is 6.54 Å². The smallest absolute Gasteiger partial charge is 0.387 e. The van der Waals surface area contributed by atoms with E-state index in [9.17, 15) is 13.6 Å². The predicted molar refractivity (Wildman–Crippen MR) is 134 cm³/mol. The van der Waals surface area contributed by atoms with Gasteiger partial charge in [0.2, 0.25) is 5.88 Å². The number of aromatic nitrogens is 3. The van der Waals surface area contributed by atoms with E-state index in [1.165, 1.54) is 0 Å². The summed E-state index contributed by atoms with van der Waals surface area (Å²) in [6, 6.07) is 10.6. The Bertz CT molecular complexity index is 1380. The number of carbonyl (C=O) groups excluding carboxylic acids is 1. The molecule has 8 nitrogen and oxygen atoms in total. The molecule has 1 unspecified atom stereocenters. The standard InChI is InChI=1S/C25H27F2N5O3S/c1-14(16-9-8-15(12-30-25(2,3)4)11-18(16)35-24(26)27)34-22-20(21(28)33)36-23(31-22)17-13-29-19-7-5-6-10-32(17)19/h5-11,13-14,24,30H,12H2,1-4H3,(H2,28,33). The average molecular weight is 516 g/mol. The molecule has 11 heteroatoms. The SMILES string of the molecule is CC(Oc1nc(-c2cnc3ccccn23)sc1C(N)=O)c1ccc(CNC(C)(C)C)cc1OC(F)F. The zero-order valence-electron chi connectivity index (χ0n) is 20.3. The van der Waals surface area contributed by atoms with Crippen molar-refractivity contribution in [3.05, 3.63) is 64.8 Å². The van der Waals surface area contributed by atoms with Gasteiger partial charge in [0, 0.05) is 23.8 Å². The number of benzene rings is 1. The summed E-state index contributed by atoms with van der Waals surface area (Å²) in [6.45, 7) is 5.17. The van der Waals surface area contributed by atoms with Crippen molar-refractivity contribution >= 4 is 22.9 Å². The number of imidazole rings is 1. The summed E-state index contributed by atoms with van der Waals surface area (Å²) in [5, 5.41) is 3.80. The molecule has 0 aliphatic heterocycles. The highest BCUT2D eigenvalue weighted by Gasteiger charge is 2.24. The number of nitrogens with zero attached hydrogens (tertiary/aromatic N) is 3. The number of fused-ring (bicyclic) bond motifs is 1. The van der Waals surface area contributed by atoms with Gasteiger partial charge in [0.1, 0.15) is 28.2 Å². The van der Waals surface area contributed by atoms with Gasteiger partial charge in [-0.1, -0.05) is 18.2 Å². The molecule has 0 fully saturated rings. The number of thiazole rings is 1. The molecular formula is C25H27F2N5O3S. The van der Waals surface area contributed by atoms with Gasteiger partial charge in [-0.2, -0.15) is 13.8 Å². The van der Waals surface area contributed by atoms with Crippen LogP contribution in [0.3, 0.4) is 0 Å². The van der Waals surface area contributed by atoms with Crippen LogP contribution in [0.5, 0.6) is 11.6 Å². The molecule has 4 aromatic rings. The minimum absolute atomic E-state index is 0.0106. The Kier molecular flexibility index (Phi) is 7.23. The Morgan fingerprint density at radius 3 is 2.69 bits per heavy atom. The molecule has 0 bridgehead atoms. The van der Waals surface area contributed by atoms with E-state index in [0.29, 0.717) is 28.5 Å². The number of halogens is 2. The molecule has 1 aromatic carbocycles. The maximum atomic E-state index is 13.2. The topological polar surface area (TPSA) is 104 Å². The highest BCUT2D eigenvalue weighted by atomic mass is 32.1. The molecule has 0 aliphatic rings. The van der Waals surface area contributed by atoms with Gasteiger partial charge >= 0.3 is 6.61 Å². The largest absolute Gasteiger partial charge is 0.468 e. The van der Waals surface area contributed by atoms with Crippen LogP contribution in [-0.4, -0.2) is 32.4 Å². The van der Waals surface area contributed by atoms with Gasteiger partial charge in [0.15, 0.2) is 4.88 Å². The predicted octanol–water partition coefficient (Wildman–Crippen LogP) is 5.19. The van der Waals surface area contributed by atoms with Crippen molar-refractivity contribution < 1.29 is 23.0 Å². The first-order valence-corrected chi connectivity index (χ1v) is 12.1. The second kappa shape index (κ2) is 10.2. The molecule has 0 saturated carbocycles. The van der Waals surface area contributed by atoms with Crippen molar-refractivity contribution in [2.45, 2.75) is 52.5 Å². The molecule has 190 valence electrons. The molecule has 3 heterocycles. The number of pyridine rings is 1. The van der Waals surface area contributed by atoms with Crippen LogP contribution in [0, 0.1) is 0 Å². The zero-order chi connectivity index (χ0) is 26.0. The summed E-state index contributed by atoms with van der Waals surface area (Å²) in [6.07, 6.45) is 2.71. The van der Waals surface area contributed by atoms with Gasteiger partial charge in [-0.3, -0.25) is 9.20 Å². The molecule has 1 atom stereocenters. The van der Waals surface area contributed by atoms with Gasteiger partial charge in [0.25, 0.3) is 5.91 Å². The third kappa shape index (κ3) is 5.80. The van der Waals surface area contributed by atoms with Crippen LogP contribution < -0.4 is 20.5 Å². The number of primary amides is 1. The van der Waals surface area contributed by atoms with Crippen LogP contribution in [0.25, 0.3) is 16.3 Å². The van der Waals surface area contributed by atoms with Crippen molar-refractivity contribution in [2.75, 3.05) is 0 Å². The first-order chi connectivity index (χ1) is 17.0. The number of amides is 1. The van der Waals surface area contributed by atoms with Crippen molar-refractivity contribution in [1.82, 2.24) is 19.7 Å². The molecule has 0 saturated heterocycles. The maximum absolute atomic E-state index is 13.2. The lowest BCUT2D eigenvalue weighted by Crippen LogP contribution is -2.35. The van der Waals surface area contributed by atoms with E-state index in [1.54, 1.807) is 25.3 Å². The summed E-state index contributed by atoms with van der Waals surface area (Å²) in [5.41, 5.74) is 7.99. The third-order valence-corrected chi connectivity index (χ3v) is 6.37. The van der Waals surface area contributed by atoms with Crippen LogP contribution in [0.2, 0.25) is 0 Å². The number of hydrogen-bond acceptors (Lipinski definition) is 7. The van der Waals surface area contributed by atoms with Crippen molar-refractivity contribution in [2.24, 2.45) is 5.73 Å². The fourth-order valence-corrected chi connectivity index (χ4v) is 4.42. The summed E-state index contributed by atoms with van der Waals surface area (Å²) >= 11 is 1.07. The Morgan fingerprint density at radius 1 is 1.22 bits per heavy atom. The Labute approximate surface area is 211 Å². The fourth-order valence-electron chi connectivity index (χ4n) is 3.56. The van der Waals surface area contributed by atoms with Crippen LogP contribution in [0.15, 0.2) is 48.8 Å². The number of nitrogens with one attached hydrogen (secondary N) is 1. The highest BCUT2D eigenvalue weighted by Crippen LogP contribution is 2.37. The van der Waals surface area contributed by atoms with Crippen molar-refractivity contribution in [3.63, 3.8) is 0 Å². The fraction of sp³-hybridized carbons (Fsp3) is 0.320. The van der Waals surface area contributed by atoms with Crippen LogP contribution >= 0.6 is 11.3 Å². The Morgan fingerprint density at radius 2 is 2.00 bits per heavy atom. The lowest BCUT2D eigenvalue weighted by atomic mass is 10.0. The highest BCUT2D eigenvalue weighted by molar-refractivity contribution is 7.17. The molecule has 3 aromatic heterocycles. The second-order valence-electron chi connectivity index (χ2n) is 9.20. The Hall–Kier alpha value is -3.57. The molecule has 0 spiro atoms. The minimum Gasteiger partial charge on any atom is -0.468 e. The second-order valence-corrected chi connectivity index (χ2v) is 10.2. The molecule has 0 aliphatic carbocycles. The summed E-state index contributed by atoms with van der Waals surface area (Å²) in [5.74, 6) is -0.701. The van der Waals surface area contributed by atoms with Gasteiger partial charge in [-0.25, -0.2) is 4.98 Å². The van der Waals surface area contributed by atoms with E-state index in [4.69, 9.17) is 15.2 Å². The van der Waals surface area contributed by atoms with Crippen molar-refractivity contribution in [3.8, 4) is 22.3 Å². The average Bonchev–Trinajstić information content (AvgIpc) is 3.41. The minimum atomic E-state index is -3.01. The molecule has 4 rings (SSSR count). The number of rotatable bonds is 9. The van der Waals surface area contributed by atoms with Crippen LogP contribution in [0.4, 0.5) is 8.78 Å². The summed E-state index contributed by atoms with van der Waals surface area (Å²) in [7, 11) is 0. The third-order valence-electron chi connectivity index (χ3n) is 5.30. The summed E-state index contributed by atoms with van der Waals surface area (Å²) in [4.78, 5) is 21.1. The molecule has 36 heavy (non-hydrogen) atoms. The lowest BCUT2D eigenvalue weighted by Gasteiger charge is -2.22. The van der Waals surface area contributed by atoms with Gasteiger partial charge in [0.05, 0.1) is 6.20 Å². The number of ether oxygens (including phenoxy) is 2. The number of carbonyl (C=O) groups is 1. The van der Waals surface area contributed by atoms with E-state index in [1.807, 2.05) is 55.6 Å². The quantitative estimate of drug-likeness (QED) is 0.318. The molecular weight excluding hydrogens is 488 g/mol. The van der Waals surface area contributed by atoms with Gasteiger partial charge in [-0.05, 0) is 51.5 Å².